The van der Waals surface area contributed by atoms with E-state index >= 15 is 0 Å². The number of hydrogen-bond acceptors (Lipinski definition) is 4. The minimum Gasteiger partial charge on any atom is -0.297 e. The Bertz CT molecular complexity index is 1090. The van der Waals surface area contributed by atoms with Crippen molar-refractivity contribution in [3.05, 3.63) is 80.9 Å². The van der Waals surface area contributed by atoms with E-state index in [0.717, 1.165) is 20.5 Å². The van der Waals surface area contributed by atoms with Crippen molar-refractivity contribution in [2.24, 2.45) is 0 Å². The van der Waals surface area contributed by atoms with Crippen LogP contribution in [-0.4, -0.2) is 10.9 Å². The first-order valence-electron chi connectivity index (χ1n) is 7.77. The van der Waals surface area contributed by atoms with Crippen LogP contribution >= 0.6 is 34.3 Å². The molecule has 0 aliphatic carbocycles. The molecule has 0 unspecified atom stereocenters. The summed E-state index contributed by atoms with van der Waals surface area (Å²) >= 11 is 9.10. The lowest BCUT2D eigenvalue weighted by Crippen LogP contribution is -2.10. The third kappa shape index (κ3) is 3.49. The number of aromatic nitrogens is 1. The molecular weight excluding hydrogens is 391 g/mol. The van der Waals surface area contributed by atoms with E-state index in [4.69, 9.17) is 11.6 Å². The fraction of sp³-hybridized carbons (Fsp3) is 0.0526. The molecule has 4 rings (SSSR count). The smallest absolute Gasteiger partial charge is 0.269 e. The third-order valence-electron chi connectivity index (χ3n) is 3.81. The quantitative estimate of drug-likeness (QED) is 0.455. The van der Waals surface area contributed by atoms with E-state index in [-0.39, 0.29) is 11.7 Å². The minimum atomic E-state index is -0.265. The molecule has 0 fully saturated rings. The first-order chi connectivity index (χ1) is 12.6. The van der Waals surface area contributed by atoms with Crippen LogP contribution in [0.5, 0.6) is 0 Å². The Morgan fingerprint density at radius 2 is 1.88 bits per heavy atom. The SMILES string of the molecule is O=C(Nc1ncc(Cc2ccc(F)cc2)s1)c1sc2ccccc2c1Cl. The van der Waals surface area contributed by atoms with Crippen LogP contribution in [-0.2, 0) is 6.42 Å². The highest BCUT2D eigenvalue weighted by Gasteiger charge is 2.18. The van der Waals surface area contributed by atoms with Gasteiger partial charge in [0, 0.05) is 27.6 Å². The zero-order chi connectivity index (χ0) is 18.1. The van der Waals surface area contributed by atoms with Gasteiger partial charge in [0.2, 0.25) is 0 Å². The number of nitrogens with one attached hydrogen (secondary N) is 1. The van der Waals surface area contributed by atoms with Crippen LogP contribution in [0.4, 0.5) is 9.52 Å². The van der Waals surface area contributed by atoms with Gasteiger partial charge in [0.25, 0.3) is 5.91 Å². The van der Waals surface area contributed by atoms with Crippen LogP contribution in [0.25, 0.3) is 10.1 Å². The summed E-state index contributed by atoms with van der Waals surface area (Å²) in [6, 6.07) is 14.0. The van der Waals surface area contributed by atoms with Gasteiger partial charge < -0.3 is 0 Å². The van der Waals surface area contributed by atoms with Crippen molar-refractivity contribution in [2.75, 3.05) is 5.32 Å². The van der Waals surface area contributed by atoms with E-state index in [9.17, 15) is 9.18 Å². The second-order valence-corrected chi connectivity index (χ2v) is 8.18. The lowest BCUT2D eigenvalue weighted by molar-refractivity contribution is 0.103. The summed E-state index contributed by atoms with van der Waals surface area (Å²) in [6.45, 7) is 0. The number of thiazole rings is 1. The van der Waals surface area contributed by atoms with Gasteiger partial charge in [-0.1, -0.05) is 41.9 Å². The Labute approximate surface area is 162 Å². The Balaban J connectivity index is 1.50. The topological polar surface area (TPSA) is 42.0 Å². The molecule has 2 heterocycles. The molecule has 1 N–H and O–H groups in total. The van der Waals surface area contributed by atoms with Gasteiger partial charge in [-0.3, -0.25) is 10.1 Å². The van der Waals surface area contributed by atoms with E-state index in [1.807, 2.05) is 24.3 Å². The molecule has 0 saturated heterocycles. The fourth-order valence-electron chi connectivity index (χ4n) is 2.56. The second-order valence-electron chi connectivity index (χ2n) is 5.63. The third-order valence-corrected chi connectivity index (χ3v) is 6.39. The molecule has 0 atom stereocenters. The number of halogens is 2. The molecule has 0 aliphatic heterocycles. The number of hydrogen-bond donors (Lipinski definition) is 1. The zero-order valence-electron chi connectivity index (χ0n) is 13.3. The molecule has 0 bridgehead atoms. The van der Waals surface area contributed by atoms with E-state index in [1.165, 1.54) is 34.8 Å². The molecule has 7 heteroatoms. The number of anilines is 1. The number of rotatable bonds is 4. The minimum absolute atomic E-state index is 0.258. The van der Waals surface area contributed by atoms with E-state index < -0.39 is 0 Å². The summed E-state index contributed by atoms with van der Waals surface area (Å²) in [5.74, 6) is -0.523. The van der Waals surface area contributed by atoms with Gasteiger partial charge in [0.1, 0.15) is 10.7 Å². The summed E-state index contributed by atoms with van der Waals surface area (Å²) in [5, 5.41) is 4.66. The molecule has 0 aliphatic rings. The highest BCUT2D eigenvalue weighted by atomic mass is 35.5. The zero-order valence-corrected chi connectivity index (χ0v) is 15.7. The Hall–Kier alpha value is -2.28. The number of nitrogens with zero attached hydrogens (tertiary/aromatic N) is 1. The summed E-state index contributed by atoms with van der Waals surface area (Å²) < 4.78 is 13.9. The van der Waals surface area contributed by atoms with Gasteiger partial charge in [-0.2, -0.15) is 0 Å². The Morgan fingerprint density at radius 1 is 1.12 bits per heavy atom. The van der Waals surface area contributed by atoms with Crippen molar-refractivity contribution in [3.8, 4) is 0 Å². The average Bonchev–Trinajstić information content (AvgIpc) is 3.22. The summed E-state index contributed by atoms with van der Waals surface area (Å²) in [7, 11) is 0. The van der Waals surface area contributed by atoms with Gasteiger partial charge in [0.15, 0.2) is 5.13 Å². The number of benzene rings is 2. The fourth-order valence-corrected chi connectivity index (χ4v) is 4.82. The van der Waals surface area contributed by atoms with Gasteiger partial charge in [0.05, 0.1) is 5.02 Å². The van der Waals surface area contributed by atoms with Crippen molar-refractivity contribution < 1.29 is 9.18 Å². The van der Waals surface area contributed by atoms with Crippen LogP contribution in [0.2, 0.25) is 5.02 Å². The Morgan fingerprint density at radius 3 is 2.65 bits per heavy atom. The molecule has 0 saturated carbocycles. The summed E-state index contributed by atoms with van der Waals surface area (Å²) in [6.07, 6.45) is 2.35. The van der Waals surface area contributed by atoms with Crippen LogP contribution < -0.4 is 5.32 Å². The summed E-state index contributed by atoms with van der Waals surface area (Å²) in [5.41, 5.74) is 0.987. The molecule has 0 spiro atoms. The molecule has 2 aromatic heterocycles. The predicted molar refractivity (Wildman–Crippen MR) is 106 cm³/mol. The maximum atomic E-state index is 13.0. The number of carbonyl (C=O) groups excluding carboxylic acids is 1. The second kappa shape index (κ2) is 7.15. The number of amides is 1. The molecule has 1 amide bonds. The monoisotopic (exact) mass is 402 g/mol. The number of fused-ring (bicyclic) bond motifs is 1. The van der Waals surface area contributed by atoms with E-state index in [1.54, 1.807) is 18.3 Å². The first-order valence-corrected chi connectivity index (χ1v) is 9.79. The van der Waals surface area contributed by atoms with Gasteiger partial charge in [-0.25, -0.2) is 9.37 Å². The maximum absolute atomic E-state index is 13.0. The normalized spacial score (nSPS) is 11.0. The highest BCUT2D eigenvalue weighted by molar-refractivity contribution is 7.22. The Kier molecular flexibility index (Phi) is 4.72. The van der Waals surface area contributed by atoms with Crippen LogP contribution in [0, 0.1) is 5.82 Å². The van der Waals surface area contributed by atoms with Crippen LogP contribution in [0.3, 0.4) is 0 Å². The van der Waals surface area contributed by atoms with Crippen LogP contribution in [0.15, 0.2) is 54.7 Å². The van der Waals surface area contributed by atoms with Crippen molar-refractivity contribution in [3.63, 3.8) is 0 Å². The molecule has 2 aromatic carbocycles. The van der Waals surface area contributed by atoms with Crippen molar-refractivity contribution >= 4 is 55.4 Å². The average molecular weight is 403 g/mol. The van der Waals surface area contributed by atoms with E-state index in [2.05, 4.69) is 10.3 Å². The predicted octanol–water partition coefficient (Wildman–Crippen LogP) is 5.99. The summed E-state index contributed by atoms with van der Waals surface area (Å²) in [4.78, 5) is 18.3. The van der Waals surface area contributed by atoms with Crippen molar-refractivity contribution in [1.29, 1.82) is 0 Å². The molecule has 3 nitrogen and oxygen atoms in total. The molecule has 4 aromatic rings. The van der Waals surface area contributed by atoms with Gasteiger partial charge in [-0.15, -0.1) is 22.7 Å². The number of thiophene rings is 1. The standard InChI is InChI=1S/C19H12ClFN2OS2/c20-16-14-3-1-2-4-15(14)26-17(16)18(24)23-19-22-10-13(25-19)9-11-5-7-12(21)8-6-11/h1-8,10H,9H2,(H,22,23,24). The number of carbonyl (C=O) groups is 1. The largest absolute Gasteiger partial charge is 0.297 e. The van der Waals surface area contributed by atoms with Crippen molar-refractivity contribution in [2.45, 2.75) is 6.42 Å². The lowest BCUT2D eigenvalue weighted by Gasteiger charge is -1.99. The first kappa shape index (κ1) is 17.1. The molecular formula is C19H12ClFN2OS2. The lowest BCUT2D eigenvalue weighted by atomic mass is 10.1. The van der Waals surface area contributed by atoms with Crippen LogP contribution in [0.1, 0.15) is 20.1 Å². The molecule has 130 valence electrons. The molecule has 26 heavy (non-hydrogen) atoms. The van der Waals surface area contributed by atoms with E-state index in [0.29, 0.717) is 21.5 Å². The van der Waals surface area contributed by atoms with Crippen molar-refractivity contribution in [1.82, 2.24) is 4.98 Å². The van der Waals surface area contributed by atoms with Gasteiger partial charge in [-0.05, 0) is 23.8 Å². The highest BCUT2D eigenvalue weighted by Crippen LogP contribution is 2.35. The van der Waals surface area contributed by atoms with Gasteiger partial charge >= 0.3 is 0 Å². The maximum Gasteiger partial charge on any atom is 0.269 e. The molecule has 0 radical (unpaired) electrons.